The largest absolute Gasteiger partial charge is 0.489 e. The lowest BCUT2D eigenvalue weighted by molar-refractivity contribution is 0.302. The van der Waals surface area contributed by atoms with Crippen LogP contribution in [0.1, 0.15) is 16.7 Å². The van der Waals surface area contributed by atoms with E-state index < -0.39 is 0 Å². The Labute approximate surface area is 158 Å². The van der Waals surface area contributed by atoms with E-state index >= 15 is 0 Å². The number of nitrogens with one attached hydrogen (secondary N) is 1. The standard InChI is InChI=1S/C21H19Cl2NO/c22-19-10-11-21(25-15-16-6-2-1-3-7-16)18(12-19)14-24-13-17-8-4-5-9-20(17)23/h1-12,24H,13-15H2. The van der Waals surface area contributed by atoms with Gasteiger partial charge in [-0.25, -0.2) is 0 Å². The Balaban J connectivity index is 1.64. The van der Waals surface area contributed by atoms with Crippen LogP contribution in [0.5, 0.6) is 5.75 Å². The van der Waals surface area contributed by atoms with Crippen molar-refractivity contribution in [3.8, 4) is 5.75 Å². The third-order valence-electron chi connectivity index (χ3n) is 3.85. The lowest BCUT2D eigenvalue weighted by Crippen LogP contribution is -2.14. The molecule has 0 saturated heterocycles. The quantitative estimate of drug-likeness (QED) is 0.561. The molecule has 0 amide bonds. The van der Waals surface area contributed by atoms with Crippen LogP contribution in [0.4, 0.5) is 0 Å². The van der Waals surface area contributed by atoms with E-state index in [1.807, 2.05) is 72.8 Å². The van der Waals surface area contributed by atoms with E-state index in [1.165, 1.54) is 0 Å². The molecule has 4 heteroatoms. The number of rotatable bonds is 7. The SMILES string of the molecule is Clc1ccc(OCc2ccccc2)c(CNCc2ccccc2Cl)c1. The van der Waals surface area contributed by atoms with E-state index in [0.717, 1.165) is 27.5 Å². The molecule has 2 nitrogen and oxygen atoms in total. The maximum absolute atomic E-state index is 6.19. The number of benzene rings is 3. The average molecular weight is 372 g/mol. The molecule has 25 heavy (non-hydrogen) atoms. The third-order valence-corrected chi connectivity index (χ3v) is 4.45. The molecule has 0 heterocycles. The van der Waals surface area contributed by atoms with Crippen LogP contribution in [0.15, 0.2) is 72.8 Å². The molecule has 1 N–H and O–H groups in total. The van der Waals surface area contributed by atoms with Gasteiger partial charge in [-0.1, -0.05) is 71.7 Å². The Morgan fingerprint density at radius 1 is 0.760 bits per heavy atom. The highest BCUT2D eigenvalue weighted by molar-refractivity contribution is 6.31. The molecule has 3 rings (SSSR count). The highest BCUT2D eigenvalue weighted by atomic mass is 35.5. The van der Waals surface area contributed by atoms with E-state index in [0.29, 0.717) is 24.7 Å². The first-order valence-electron chi connectivity index (χ1n) is 8.11. The highest BCUT2D eigenvalue weighted by Crippen LogP contribution is 2.24. The molecule has 3 aromatic carbocycles. The first kappa shape index (κ1) is 17.8. The zero-order valence-electron chi connectivity index (χ0n) is 13.7. The topological polar surface area (TPSA) is 21.3 Å². The predicted molar refractivity (Wildman–Crippen MR) is 104 cm³/mol. The molecule has 0 fully saturated rings. The molecular formula is C21H19Cl2NO. The van der Waals surface area contributed by atoms with Gasteiger partial charge in [-0.3, -0.25) is 0 Å². The van der Waals surface area contributed by atoms with Crippen LogP contribution in [-0.2, 0) is 19.7 Å². The van der Waals surface area contributed by atoms with Crippen molar-refractivity contribution in [2.75, 3.05) is 0 Å². The summed E-state index contributed by atoms with van der Waals surface area (Å²) in [5, 5.41) is 4.86. The molecule has 0 aliphatic heterocycles. The molecule has 0 aliphatic carbocycles. The van der Waals surface area contributed by atoms with Gasteiger partial charge in [0.05, 0.1) is 0 Å². The van der Waals surface area contributed by atoms with E-state index in [1.54, 1.807) is 0 Å². The number of ether oxygens (including phenoxy) is 1. The zero-order chi connectivity index (χ0) is 17.5. The molecule has 0 atom stereocenters. The number of hydrogen-bond acceptors (Lipinski definition) is 2. The smallest absolute Gasteiger partial charge is 0.124 e. The summed E-state index contributed by atoms with van der Waals surface area (Å²) in [5.41, 5.74) is 3.22. The van der Waals surface area contributed by atoms with Crippen LogP contribution in [0.25, 0.3) is 0 Å². The Hall–Kier alpha value is -2.00. The van der Waals surface area contributed by atoms with Crippen molar-refractivity contribution in [2.24, 2.45) is 0 Å². The maximum atomic E-state index is 6.19. The monoisotopic (exact) mass is 371 g/mol. The van der Waals surface area contributed by atoms with Gasteiger partial charge in [-0.15, -0.1) is 0 Å². The second-order valence-electron chi connectivity index (χ2n) is 5.72. The van der Waals surface area contributed by atoms with Gasteiger partial charge in [0.25, 0.3) is 0 Å². The summed E-state index contributed by atoms with van der Waals surface area (Å²) < 4.78 is 5.98. The lowest BCUT2D eigenvalue weighted by atomic mass is 10.1. The summed E-state index contributed by atoms with van der Waals surface area (Å²) in [6.45, 7) is 1.86. The van der Waals surface area contributed by atoms with Gasteiger partial charge in [0, 0.05) is 28.7 Å². The molecule has 3 aromatic rings. The van der Waals surface area contributed by atoms with Crippen molar-refractivity contribution >= 4 is 23.2 Å². The number of halogens is 2. The minimum absolute atomic E-state index is 0.528. The van der Waals surface area contributed by atoms with E-state index in [2.05, 4.69) is 5.32 Å². The molecule has 0 spiro atoms. The highest BCUT2D eigenvalue weighted by Gasteiger charge is 2.06. The maximum Gasteiger partial charge on any atom is 0.124 e. The summed E-state index contributed by atoms with van der Waals surface area (Å²) >= 11 is 12.3. The zero-order valence-corrected chi connectivity index (χ0v) is 15.2. The molecular weight excluding hydrogens is 353 g/mol. The third kappa shape index (κ3) is 5.23. The molecule has 0 bridgehead atoms. The Morgan fingerprint density at radius 3 is 2.28 bits per heavy atom. The van der Waals surface area contributed by atoms with Crippen LogP contribution in [0.3, 0.4) is 0 Å². The fraction of sp³-hybridized carbons (Fsp3) is 0.143. The summed E-state index contributed by atoms with van der Waals surface area (Å²) in [5.74, 6) is 0.833. The fourth-order valence-corrected chi connectivity index (χ4v) is 2.93. The summed E-state index contributed by atoms with van der Waals surface area (Å²) in [6, 6.07) is 23.6. The van der Waals surface area contributed by atoms with Crippen molar-refractivity contribution < 1.29 is 4.74 Å². The van der Waals surface area contributed by atoms with Crippen molar-refractivity contribution in [1.29, 1.82) is 0 Å². The van der Waals surface area contributed by atoms with E-state index in [9.17, 15) is 0 Å². The number of hydrogen-bond donors (Lipinski definition) is 1. The Bertz CT molecular complexity index is 821. The van der Waals surface area contributed by atoms with Gasteiger partial charge in [-0.05, 0) is 35.4 Å². The van der Waals surface area contributed by atoms with Crippen LogP contribution in [0, 0.1) is 0 Å². The Morgan fingerprint density at radius 2 is 1.48 bits per heavy atom. The first-order valence-corrected chi connectivity index (χ1v) is 8.87. The predicted octanol–water partition coefficient (Wildman–Crippen LogP) is 5.86. The summed E-state index contributed by atoms with van der Waals surface area (Å²) in [6.07, 6.45) is 0. The van der Waals surface area contributed by atoms with Crippen molar-refractivity contribution in [3.63, 3.8) is 0 Å². The van der Waals surface area contributed by atoms with Gasteiger partial charge in [0.1, 0.15) is 12.4 Å². The Kier molecular flexibility index (Phi) is 6.35. The minimum atomic E-state index is 0.528. The van der Waals surface area contributed by atoms with Crippen LogP contribution >= 0.6 is 23.2 Å². The minimum Gasteiger partial charge on any atom is -0.489 e. The molecule has 0 unspecified atom stereocenters. The fourth-order valence-electron chi connectivity index (χ4n) is 2.54. The van der Waals surface area contributed by atoms with Crippen LogP contribution in [0.2, 0.25) is 10.0 Å². The molecule has 0 radical (unpaired) electrons. The van der Waals surface area contributed by atoms with Gasteiger partial charge in [-0.2, -0.15) is 0 Å². The summed E-state index contributed by atoms with van der Waals surface area (Å²) in [4.78, 5) is 0. The molecule has 128 valence electrons. The first-order chi connectivity index (χ1) is 12.2. The molecule has 0 saturated carbocycles. The van der Waals surface area contributed by atoms with Crippen LogP contribution < -0.4 is 10.1 Å². The summed E-state index contributed by atoms with van der Waals surface area (Å²) in [7, 11) is 0. The van der Waals surface area contributed by atoms with Crippen LogP contribution in [-0.4, -0.2) is 0 Å². The average Bonchev–Trinajstić information content (AvgIpc) is 2.63. The second kappa shape index (κ2) is 8.91. The van der Waals surface area contributed by atoms with Crippen molar-refractivity contribution in [1.82, 2.24) is 5.32 Å². The molecule has 0 aliphatic rings. The van der Waals surface area contributed by atoms with E-state index in [-0.39, 0.29) is 0 Å². The lowest BCUT2D eigenvalue weighted by Gasteiger charge is -2.13. The normalized spacial score (nSPS) is 10.6. The second-order valence-corrected chi connectivity index (χ2v) is 6.56. The van der Waals surface area contributed by atoms with Crippen molar-refractivity contribution in [2.45, 2.75) is 19.7 Å². The van der Waals surface area contributed by atoms with Crippen molar-refractivity contribution in [3.05, 3.63) is 99.5 Å². The van der Waals surface area contributed by atoms with Gasteiger partial charge in [0.2, 0.25) is 0 Å². The van der Waals surface area contributed by atoms with Gasteiger partial charge >= 0.3 is 0 Å². The molecule has 0 aromatic heterocycles. The van der Waals surface area contributed by atoms with E-state index in [4.69, 9.17) is 27.9 Å². The van der Waals surface area contributed by atoms with Gasteiger partial charge < -0.3 is 10.1 Å². The van der Waals surface area contributed by atoms with Gasteiger partial charge in [0.15, 0.2) is 0 Å².